The zero-order valence-electron chi connectivity index (χ0n) is 17.5. The van der Waals surface area contributed by atoms with Crippen molar-refractivity contribution in [3.63, 3.8) is 0 Å². The van der Waals surface area contributed by atoms with Crippen molar-refractivity contribution in [3.05, 3.63) is 35.6 Å². The lowest BCUT2D eigenvalue weighted by Gasteiger charge is -2.45. The fourth-order valence-electron chi connectivity index (χ4n) is 6.82. The van der Waals surface area contributed by atoms with Crippen LogP contribution in [0.4, 0.5) is 4.39 Å². The molecule has 1 N–H and O–H groups in total. The molecule has 1 aromatic rings. The summed E-state index contributed by atoms with van der Waals surface area (Å²) in [5.74, 6) is 1.31. The van der Waals surface area contributed by atoms with Crippen LogP contribution in [0.5, 0.6) is 0 Å². The highest BCUT2D eigenvalue weighted by molar-refractivity contribution is 5.85. The van der Waals surface area contributed by atoms with Crippen molar-refractivity contribution in [2.45, 2.75) is 50.6 Å². The Morgan fingerprint density at radius 2 is 1.72 bits per heavy atom. The van der Waals surface area contributed by atoms with Crippen molar-refractivity contribution in [2.24, 2.45) is 17.3 Å². The van der Waals surface area contributed by atoms with Crippen LogP contribution in [0.3, 0.4) is 0 Å². The van der Waals surface area contributed by atoms with Gasteiger partial charge in [0.25, 0.3) is 0 Å². The lowest BCUT2D eigenvalue weighted by Crippen LogP contribution is -2.44. The molecule has 0 bridgehead atoms. The summed E-state index contributed by atoms with van der Waals surface area (Å²) in [5.41, 5.74) is 1.82. The smallest absolute Gasteiger partial charge is 0.123 e. The molecule has 3 aliphatic heterocycles. The first-order valence-electron chi connectivity index (χ1n) is 11.0. The van der Waals surface area contributed by atoms with E-state index in [1.807, 2.05) is 6.07 Å². The van der Waals surface area contributed by atoms with Gasteiger partial charge in [0.05, 0.1) is 0 Å². The molecule has 6 heteroatoms. The molecule has 1 aliphatic carbocycles. The van der Waals surface area contributed by atoms with E-state index in [2.05, 4.69) is 28.2 Å². The van der Waals surface area contributed by atoms with E-state index in [0.29, 0.717) is 17.4 Å². The summed E-state index contributed by atoms with van der Waals surface area (Å²) < 4.78 is 13.8. The molecule has 164 valence electrons. The van der Waals surface area contributed by atoms with Crippen molar-refractivity contribution in [3.8, 4) is 0 Å². The Morgan fingerprint density at radius 1 is 1.00 bits per heavy atom. The van der Waals surface area contributed by atoms with Crippen LogP contribution in [0.25, 0.3) is 0 Å². The van der Waals surface area contributed by atoms with Crippen LogP contribution in [0.2, 0.25) is 0 Å². The van der Waals surface area contributed by atoms with Crippen LogP contribution in [0, 0.1) is 23.1 Å². The average molecular weight is 444 g/mol. The van der Waals surface area contributed by atoms with Crippen molar-refractivity contribution < 1.29 is 4.39 Å². The summed E-state index contributed by atoms with van der Waals surface area (Å²) in [6.45, 7) is 6.06. The van der Waals surface area contributed by atoms with Crippen LogP contribution >= 0.6 is 24.8 Å². The SMILES string of the molecule is CN1C[C@H]2CN(C3CCC4(CCNCC4)CC3)C[C@H]2[C@@H]1c1cccc(F)c1.Cl.Cl. The van der Waals surface area contributed by atoms with E-state index in [4.69, 9.17) is 0 Å². The van der Waals surface area contributed by atoms with Gasteiger partial charge in [0, 0.05) is 31.7 Å². The molecule has 0 amide bonds. The van der Waals surface area contributed by atoms with Crippen molar-refractivity contribution >= 4 is 24.8 Å². The summed E-state index contributed by atoms with van der Waals surface area (Å²) in [6.07, 6.45) is 8.41. The van der Waals surface area contributed by atoms with Crippen LogP contribution < -0.4 is 5.32 Å². The highest BCUT2D eigenvalue weighted by Gasteiger charge is 2.48. The average Bonchev–Trinajstić information content (AvgIpc) is 3.19. The number of hydrogen-bond donors (Lipinski definition) is 1. The second-order valence-electron chi connectivity index (χ2n) is 9.80. The normalized spacial score (nSPS) is 32.6. The summed E-state index contributed by atoms with van der Waals surface area (Å²) in [7, 11) is 2.22. The lowest BCUT2D eigenvalue weighted by molar-refractivity contribution is 0.0690. The standard InChI is InChI=1S/C23H34FN3.2ClH/c1-26-14-18-15-27(16-21(18)22(26)17-3-2-4-19(24)13-17)20-5-7-23(8-6-20)9-11-25-12-10-23;;/h2-4,13,18,20-22,25H,5-12,14-16H2,1H3;2*1H/t18-,21+,22-;;/m0../s1. The molecular weight excluding hydrogens is 408 g/mol. The largest absolute Gasteiger partial charge is 0.317 e. The van der Waals surface area contributed by atoms with Gasteiger partial charge in [-0.25, -0.2) is 4.39 Å². The first-order chi connectivity index (χ1) is 13.1. The predicted molar refractivity (Wildman–Crippen MR) is 122 cm³/mol. The highest BCUT2D eigenvalue weighted by atomic mass is 35.5. The van der Waals surface area contributed by atoms with Crippen LogP contribution in [0.1, 0.15) is 50.1 Å². The monoisotopic (exact) mass is 443 g/mol. The van der Waals surface area contributed by atoms with Gasteiger partial charge in [-0.1, -0.05) is 12.1 Å². The van der Waals surface area contributed by atoms with E-state index in [0.717, 1.165) is 18.5 Å². The van der Waals surface area contributed by atoms with Gasteiger partial charge in [0.1, 0.15) is 5.82 Å². The molecule has 4 aliphatic rings. The Kier molecular flexibility index (Phi) is 7.54. The Balaban J connectivity index is 0.00000120. The number of nitrogens with zero attached hydrogens (tertiary/aromatic N) is 2. The Labute approximate surface area is 187 Å². The molecule has 0 aromatic heterocycles. The third-order valence-electron chi connectivity index (χ3n) is 8.31. The fraction of sp³-hybridized carbons (Fsp3) is 0.739. The molecular formula is C23H36Cl2FN3. The van der Waals surface area contributed by atoms with Gasteiger partial charge < -0.3 is 5.32 Å². The van der Waals surface area contributed by atoms with E-state index in [1.165, 1.54) is 70.3 Å². The second-order valence-corrected chi connectivity index (χ2v) is 9.80. The molecule has 5 rings (SSSR count). The molecule has 1 spiro atoms. The minimum atomic E-state index is -0.0984. The number of likely N-dealkylation sites (tertiary alicyclic amines) is 2. The molecule has 4 fully saturated rings. The van der Waals surface area contributed by atoms with Gasteiger partial charge in [0.2, 0.25) is 0 Å². The van der Waals surface area contributed by atoms with E-state index in [-0.39, 0.29) is 30.6 Å². The van der Waals surface area contributed by atoms with Gasteiger partial charge in [-0.15, -0.1) is 24.8 Å². The molecule has 0 radical (unpaired) electrons. The van der Waals surface area contributed by atoms with E-state index in [1.54, 1.807) is 12.1 Å². The van der Waals surface area contributed by atoms with Gasteiger partial charge in [-0.3, -0.25) is 9.80 Å². The first kappa shape index (κ1) is 23.3. The number of hydrogen-bond acceptors (Lipinski definition) is 3. The third-order valence-corrected chi connectivity index (χ3v) is 8.31. The Morgan fingerprint density at radius 3 is 2.41 bits per heavy atom. The van der Waals surface area contributed by atoms with Gasteiger partial charge >= 0.3 is 0 Å². The van der Waals surface area contributed by atoms with E-state index >= 15 is 0 Å². The van der Waals surface area contributed by atoms with E-state index in [9.17, 15) is 4.39 Å². The summed E-state index contributed by atoms with van der Waals surface area (Å²) in [4.78, 5) is 5.27. The molecule has 29 heavy (non-hydrogen) atoms. The first-order valence-corrected chi connectivity index (χ1v) is 11.0. The molecule has 3 saturated heterocycles. The fourth-order valence-corrected chi connectivity index (χ4v) is 6.82. The summed E-state index contributed by atoms with van der Waals surface area (Å²) in [5, 5.41) is 3.54. The molecule has 3 atom stereocenters. The maximum absolute atomic E-state index is 13.8. The van der Waals surface area contributed by atoms with E-state index < -0.39 is 0 Å². The zero-order chi connectivity index (χ0) is 18.4. The van der Waals surface area contributed by atoms with Gasteiger partial charge in [-0.05, 0) is 93.6 Å². The van der Waals surface area contributed by atoms with Crippen molar-refractivity contribution in [1.29, 1.82) is 0 Å². The summed E-state index contributed by atoms with van der Waals surface area (Å²) in [6, 6.07) is 8.49. The molecule has 1 saturated carbocycles. The number of nitrogens with one attached hydrogen (secondary N) is 1. The van der Waals surface area contributed by atoms with Gasteiger partial charge in [-0.2, -0.15) is 0 Å². The third kappa shape index (κ3) is 4.48. The van der Waals surface area contributed by atoms with Crippen molar-refractivity contribution in [1.82, 2.24) is 15.1 Å². The second kappa shape index (κ2) is 9.40. The molecule has 3 nitrogen and oxygen atoms in total. The molecule has 0 unspecified atom stereocenters. The van der Waals surface area contributed by atoms with Crippen LogP contribution in [0.15, 0.2) is 24.3 Å². The Hall–Kier alpha value is -0.390. The lowest BCUT2D eigenvalue weighted by atomic mass is 9.67. The highest BCUT2D eigenvalue weighted by Crippen LogP contribution is 2.48. The number of piperidine rings is 1. The molecule has 1 aromatic carbocycles. The maximum Gasteiger partial charge on any atom is 0.123 e. The number of halogens is 3. The predicted octanol–water partition coefficient (Wildman–Crippen LogP) is 4.52. The maximum atomic E-state index is 13.8. The minimum Gasteiger partial charge on any atom is -0.317 e. The number of rotatable bonds is 2. The molecule has 3 heterocycles. The van der Waals surface area contributed by atoms with Gasteiger partial charge in [0.15, 0.2) is 0 Å². The van der Waals surface area contributed by atoms with Crippen LogP contribution in [-0.4, -0.2) is 55.6 Å². The summed E-state index contributed by atoms with van der Waals surface area (Å²) >= 11 is 0. The topological polar surface area (TPSA) is 18.5 Å². The van der Waals surface area contributed by atoms with Crippen molar-refractivity contribution in [2.75, 3.05) is 39.8 Å². The Bertz CT molecular complexity index is 672. The van der Waals surface area contributed by atoms with Crippen LogP contribution in [-0.2, 0) is 0 Å². The number of fused-ring (bicyclic) bond motifs is 1. The zero-order valence-corrected chi connectivity index (χ0v) is 19.1. The number of benzene rings is 1. The minimum absolute atomic E-state index is 0. The quantitative estimate of drug-likeness (QED) is 0.724.